The molecule has 7 heteroatoms. The quantitative estimate of drug-likeness (QED) is 0.910. The lowest BCUT2D eigenvalue weighted by Gasteiger charge is -2.05. The first kappa shape index (κ1) is 11.8. The van der Waals surface area contributed by atoms with Crippen LogP contribution in [0.3, 0.4) is 0 Å². The summed E-state index contributed by atoms with van der Waals surface area (Å²) < 4.78 is 23.6. The Bertz CT molecular complexity index is 544. The van der Waals surface area contributed by atoms with Crippen molar-refractivity contribution in [1.29, 1.82) is 0 Å². The number of methoxy groups -OCH3 is 1. The zero-order valence-corrected chi connectivity index (χ0v) is 9.66. The summed E-state index contributed by atoms with van der Waals surface area (Å²) >= 11 is 5.90. The van der Waals surface area contributed by atoms with Crippen molar-refractivity contribution in [3.8, 4) is 17.1 Å². The number of hydrogen-bond acceptors (Lipinski definition) is 5. The Morgan fingerprint density at radius 1 is 1.53 bits per heavy atom. The molecule has 0 spiro atoms. The highest BCUT2D eigenvalue weighted by Crippen LogP contribution is 2.33. The first-order valence-electron chi connectivity index (χ1n) is 4.72. The Kier molecular flexibility index (Phi) is 3.26. The van der Waals surface area contributed by atoms with E-state index >= 15 is 0 Å². The Morgan fingerprint density at radius 3 is 2.88 bits per heavy atom. The van der Waals surface area contributed by atoms with E-state index in [-0.39, 0.29) is 34.6 Å². The molecule has 0 aliphatic heterocycles. The van der Waals surface area contributed by atoms with Crippen molar-refractivity contribution in [2.24, 2.45) is 5.73 Å². The van der Waals surface area contributed by atoms with Gasteiger partial charge < -0.3 is 15.0 Å². The zero-order chi connectivity index (χ0) is 12.4. The average molecular weight is 258 g/mol. The van der Waals surface area contributed by atoms with Crippen LogP contribution in [0.15, 0.2) is 16.7 Å². The molecule has 0 saturated heterocycles. The number of rotatable bonds is 3. The van der Waals surface area contributed by atoms with E-state index in [2.05, 4.69) is 10.1 Å². The van der Waals surface area contributed by atoms with Gasteiger partial charge in [-0.15, -0.1) is 0 Å². The molecule has 17 heavy (non-hydrogen) atoms. The van der Waals surface area contributed by atoms with Crippen LogP contribution in [0.25, 0.3) is 11.4 Å². The normalized spacial score (nSPS) is 10.6. The van der Waals surface area contributed by atoms with Crippen LogP contribution < -0.4 is 10.5 Å². The Labute approximate surface area is 101 Å². The van der Waals surface area contributed by atoms with Crippen LogP contribution in [0.2, 0.25) is 5.02 Å². The van der Waals surface area contributed by atoms with Gasteiger partial charge in [0, 0.05) is 0 Å². The lowest BCUT2D eigenvalue weighted by molar-refractivity contribution is 0.379. The zero-order valence-electron chi connectivity index (χ0n) is 8.91. The number of hydrogen-bond donors (Lipinski definition) is 1. The fourth-order valence-corrected chi connectivity index (χ4v) is 1.57. The highest BCUT2D eigenvalue weighted by Gasteiger charge is 2.19. The lowest BCUT2D eigenvalue weighted by atomic mass is 10.2. The number of nitrogens with zero attached hydrogens (tertiary/aromatic N) is 2. The van der Waals surface area contributed by atoms with E-state index < -0.39 is 5.82 Å². The van der Waals surface area contributed by atoms with Gasteiger partial charge in [-0.1, -0.05) is 16.8 Å². The monoisotopic (exact) mass is 257 g/mol. The summed E-state index contributed by atoms with van der Waals surface area (Å²) in [5, 5.41) is 3.78. The van der Waals surface area contributed by atoms with Gasteiger partial charge in [-0.2, -0.15) is 4.98 Å². The minimum Gasteiger partial charge on any atom is -0.494 e. The molecule has 1 aromatic carbocycles. The first-order valence-corrected chi connectivity index (χ1v) is 5.10. The first-order chi connectivity index (χ1) is 8.17. The van der Waals surface area contributed by atoms with Crippen LogP contribution in [0.4, 0.5) is 4.39 Å². The number of benzene rings is 1. The van der Waals surface area contributed by atoms with Crippen molar-refractivity contribution in [2.75, 3.05) is 7.11 Å². The number of ether oxygens (including phenoxy) is 1. The maximum atomic E-state index is 14.0. The predicted octanol–water partition coefficient (Wildman–Crippen LogP) is 2.00. The molecule has 0 atom stereocenters. The minimum absolute atomic E-state index is 0.0365. The maximum absolute atomic E-state index is 14.0. The van der Waals surface area contributed by atoms with Crippen molar-refractivity contribution in [1.82, 2.24) is 10.1 Å². The third kappa shape index (κ3) is 2.09. The molecule has 0 radical (unpaired) electrons. The van der Waals surface area contributed by atoms with Gasteiger partial charge in [0.1, 0.15) is 0 Å². The van der Waals surface area contributed by atoms with Gasteiger partial charge in [0.15, 0.2) is 11.6 Å². The third-order valence-corrected chi connectivity index (χ3v) is 2.46. The Morgan fingerprint density at radius 2 is 2.29 bits per heavy atom. The number of aromatic nitrogens is 2. The van der Waals surface area contributed by atoms with Gasteiger partial charge in [-0.05, 0) is 12.1 Å². The third-order valence-electron chi connectivity index (χ3n) is 2.14. The standard InChI is InChI=1S/C10H9ClFN3O2/c1-16-6-3-2-5(11)8(9(6)12)10-14-7(4-13)17-15-10/h2-3H,4,13H2,1H3. The molecule has 2 N–H and O–H groups in total. The van der Waals surface area contributed by atoms with Gasteiger partial charge in [-0.3, -0.25) is 0 Å². The summed E-state index contributed by atoms with van der Waals surface area (Å²) in [5.41, 5.74) is 5.36. The molecular weight excluding hydrogens is 249 g/mol. The molecule has 0 aliphatic rings. The van der Waals surface area contributed by atoms with Crippen LogP contribution in [-0.2, 0) is 6.54 Å². The summed E-state index contributed by atoms with van der Waals surface area (Å²) in [4.78, 5) is 3.91. The fourth-order valence-electron chi connectivity index (χ4n) is 1.34. The summed E-state index contributed by atoms with van der Waals surface area (Å²) in [6.45, 7) is 0.0796. The molecule has 0 unspecified atom stereocenters. The van der Waals surface area contributed by atoms with Gasteiger partial charge in [0.2, 0.25) is 11.7 Å². The van der Waals surface area contributed by atoms with Gasteiger partial charge in [0.05, 0.1) is 24.2 Å². The second-order valence-corrected chi connectivity index (χ2v) is 3.56. The number of halogens is 2. The molecular formula is C10H9ClFN3O2. The highest BCUT2D eigenvalue weighted by molar-refractivity contribution is 6.33. The van der Waals surface area contributed by atoms with Crippen LogP contribution in [0, 0.1) is 5.82 Å². The van der Waals surface area contributed by atoms with E-state index in [0.717, 1.165) is 0 Å². The molecule has 1 heterocycles. The lowest BCUT2D eigenvalue weighted by Crippen LogP contribution is -1.97. The molecule has 0 amide bonds. The molecule has 2 aromatic rings. The highest BCUT2D eigenvalue weighted by atomic mass is 35.5. The topological polar surface area (TPSA) is 74.2 Å². The smallest absolute Gasteiger partial charge is 0.240 e. The van der Waals surface area contributed by atoms with Crippen LogP contribution >= 0.6 is 11.6 Å². The van der Waals surface area contributed by atoms with Crippen molar-refractivity contribution in [2.45, 2.75) is 6.54 Å². The molecule has 0 bridgehead atoms. The molecule has 2 rings (SSSR count). The van der Waals surface area contributed by atoms with Gasteiger partial charge in [-0.25, -0.2) is 4.39 Å². The van der Waals surface area contributed by atoms with Crippen molar-refractivity contribution in [3.63, 3.8) is 0 Å². The van der Waals surface area contributed by atoms with Gasteiger partial charge in [0.25, 0.3) is 0 Å². The van der Waals surface area contributed by atoms with Crippen molar-refractivity contribution < 1.29 is 13.7 Å². The van der Waals surface area contributed by atoms with Crippen LogP contribution in [-0.4, -0.2) is 17.3 Å². The second-order valence-electron chi connectivity index (χ2n) is 3.15. The van der Waals surface area contributed by atoms with E-state index in [9.17, 15) is 4.39 Å². The molecule has 0 saturated carbocycles. The molecule has 5 nitrogen and oxygen atoms in total. The second kappa shape index (κ2) is 4.68. The molecule has 90 valence electrons. The summed E-state index contributed by atoms with van der Waals surface area (Å²) in [6.07, 6.45) is 0. The average Bonchev–Trinajstić information content (AvgIpc) is 2.78. The maximum Gasteiger partial charge on any atom is 0.240 e. The number of nitrogens with two attached hydrogens (primary N) is 1. The Balaban J connectivity index is 2.57. The van der Waals surface area contributed by atoms with E-state index in [1.165, 1.54) is 19.2 Å². The van der Waals surface area contributed by atoms with Crippen LogP contribution in [0.1, 0.15) is 5.89 Å². The van der Waals surface area contributed by atoms with E-state index in [4.69, 9.17) is 26.6 Å². The van der Waals surface area contributed by atoms with E-state index in [1.54, 1.807) is 0 Å². The molecule has 1 aromatic heterocycles. The van der Waals surface area contributed by atoms with Crippen molar-refractivity contribution in [3.05, 3.63) is 28.9 Å². The molecule has 0 aliphatic carbocycles. The SMILES string of the molecule is COc1ccc(Cl)c(-c2noc(CN)n2)c1F. The summed E-state index contributed by atoms with van der Waals surface area (Å²) in [5.74, 6) is -0.321. The fraction of sp³-hybridized carbons (Fsp3) is 0.200. The largest absolute Gasteiger partial charge is 0.494 e. The summed E-state index contributed by atoms with van der Waals surface area (Å²) in [7, 11) is 1.36. The minimum atomic E-state index is -0.635. The van der Waals surface area contributed by atoms with E-state index in [0.29, 0.717) is 0 Å². The van der Waals surface area contributed by atoms with Gasteiger partial charge >= 0.3 is 0 Å². The van der Waals surface area contributed by atoms with E-state index in [1.807, 2.05) is 0 Å². The predicted molar refractivity (Wildman–Crippen MR) is 59.1 cm³/mol. The Hall–Kier alpha value is -1.66. The van der Waals surface area contributed by atoms with Crippen LogP contribution in [0.5, 0.6) is 5.75 Å². The molecule has 0 fully saturated rings. The van der Waals surface area contributed by atoms with Crippen molar-refractivity contribution >= 4 is 11.6 Å². The summed E-state index contributed by atoms with van der Waals surface area (Å²) in [6, 6.07) is 2.92.